The van der Waals surface area contributed by atoms with Crippen LogP contribution in [0.3, 0.4) is 0 Å². The molecule has 1 heterocycles. The number of carboxylic acids is 1. The minimum Gasteiger partial charge on any atom is -0.497 e. The summed E-state index contributed by atoms with van der Waals surface area (Å²) in [5.41, 5.74) is 0.718. The van der Waals surface area contributed by atoms with Gasteiger partial charge in [-0.1, -0.05) is 6.07 Å². The predicted octanol–water partition coefficient (Wildman–Crippen LogP) is 1.01. The maximum absolute atomic E-state index is 11.8. The molecule has 2 N–H and O–H groups in total. The lowest BCUT2D eigenvalue weighted by Gasteiger charge is -2.29. The maximum atomic E-state index is 11.8. The van der Waals surface area contributed by atoms with Crippen molar-refractivity contribution < 1.29 is 24.2 Å². The molecule has 2 atom stereocenters. The summed E-state index contributed by atoms with van der Waals surface area (Å²) in [6, 6.07) is 5.20. The van der Waals surface area contributed by atoms with E-state index >= 15 is 0 Å². The minimum atomic E-state index is -1.12. The van der Waals surface area contributed by atoms with E-state index in [-0.39, 0.29) is 0 Å². The van der Waals surface area contributed by atoms with E-state index in [2.05, 4.69) is 5.32 Å². The number of rotatable bonds is 4. The summed E-state index contributed by atoms with van der Waals surface area (Å²) < 4.78 is 10.4. The number of hydrogen-bond acceptors (Lipinski definition) is 4. The molecule has 20 heavy (non-hydrogen) atoms. The Labute approximate surface area is 116 Å². The summed E-state index contributed by atoms with van der Waals surface area (Å²) in [5, 5.41) is 11.9. The minimum absolute atomic E-state index is 0.401. The lowest BCUT2D eigenvalue weighted by atomic mass is 9.80. The number of hydrogen-bond donors (Lipinski definition) is 2. The zero-order chi connectivity index (χ0) is 14.7. The van der Waals surface area contributed by atoms with Crippen LogP contribution in [0.25, 0.3) is 0 Å². The first-order valence-electron chi connectivity index (χ1n) is 6.31. The highest BCUT2D eigenvalue weighted by atomic mass is 16.5. The number of methoxy groups -OCH3 is 2. The average Bonchev–Trinajstić information content (AvgIpc) is 2.45. The van der Waals surface area contributed by atoms with Crippen LogP contribution < -0.4 is 14.8 Å². The maximum Gasteiger partial charge on any atom is 0.316 e. The second kappa shape index (κ2) is 5.81. The van der Waals surface area contributed by atoms with Crippen LogP contribution in [0.1, 0.15) is 17.9 Å². The summed E-state index contributed by atoms with van der Waals surface area (Å²) >= 11 is 0. The third kappa shape index (κ3) is 2.54. The second-order valence-electron chi connectivity index (χ2n) is 4.61. The van der Waals surface area contributed by atoms with Gasteiger partial charge in [-0.05, 0) is 18.1 Å². The molecule has 1 aromatic rings. The summed E-state index contributed by atoms with van der Waals surface area (Å²) in [6.45, 7) is 0.461. The van der Waals surface area contributed by atoms with E-state index < -0.39 is 23.7 Å². The van der Waals surface area contributed by atoms with E-state index in [1.54, 1.807) is 25.3 Å². The fourth-order valence-corrected chi connectivity index (χ4v) is 2.55. The molecule has 0 aromatic heterocycles. The number of carbonyl (C=O) groups excluding carboxylic acids is 1. The molecule has 1 fully saturated rings. The van der Waals surface area contributed by atoms with Crippen LogP contribution >= 0.6 is 0 Å². The van der Waals surface area contributed by atoms with E-state index in [1.807, 2.05) is 0 Å². The molecule has 1 aliphatic rings. The van der Waals surface area contributed by atoms with Crippen molar-refractivity contribution in [1.82, 2.24) is 5.32 Å². The number of benzene rings is 1. The predicted molar refractivity (Wildman–Crippen MR) is 71.0 cm³/mol. The molecule has 1 aromatic carbocycles. The van der Waals surface area contributed by atoms with Gasteiger partial charge in [-0.25, -0.2) is 0 Å². The molecule has 1 saturated heterocycles. The molecule has 108 valence electrons. The van der Waals surface area contributed by atoms with Crippen LogP contribution in [0.15, 0.2) is 18.2 Å². The van der Waals surface area contributed by atoms with Crippen molar-refractivity contribution in [3.63, 3.8) is 0 Å². The van der Waals surface area contributed by atoms with Crippen LogP contribution in [-0.4, -0.2) is 37.7 Å². The molecule has 1 amide bonds. The molecular formula is C14H17NO5. The lowest BCUT2D eigenvalue weighted by molar-refractivity contribution is -0.149. The van der Waals surface area contributed by atoms with Gasteiger partial charge in [-0.15, -0.1) is 0 Å². The van der Waals surface area contributed by atoms with Gasteiger partial charge in [-0.3, -0.25) is 9.59 Å². The highest BCUT2D eigenvalue weighted by Crippen LogP contribution is 2.38. The van der Waals surface area contributed by atoms with E-state index in [0.29, 0.717) is 24.5 Å². The summed E-state index contributed by atoms with van der Waals surface area (Å²) in [5.74, 6) is -1.90. The average molecular weight is 279 g/mol. The second-order valence-corrected chi connectivity index (χ2v) is 4.61. The number of piperidine rings is 1. The van der Waals surface area contributed by atoms with Gasteiger partial charge < -0.3 is 19.9 Å². The van der Waals surface area contributed by atoms with E-state index in [9.17, 15) is 14.7 Å². The Bertz CT molecular complexity index is 528. The molecule has 0 bridgehead atoms. The molecule has 1 aliphatic heterocycles. The number of carbonyl (C=O) groups is 2. The van der Waals surface area contributed by atoms with Crippen molar-refractivity contribution in [2.75, 3.05) is 20.8 Å². The van der Waals surface area contributed by atoms with Crippen molar-refractivity contribution in [3.05, 3.63) is 23.8 Å². The Balaban J connectivity index is 2.42. The lowest BCUT2D eigenvalue weighted by Crippen LogP contribution is -2.44. The third-order valence-electron chi connectivity index (χ3n) is 3.55. The van der Waals surface area contributed by atoms with Crippen LogP contribution in [0.4, 0.5) is 0 Å². The van der Waals surface area contributed by atoms with Gasteiger partial charge in [0.25, 0.3) is 0 Å². The largest absolute Gasteiger partial charge is 0.497 e. The Morgan fingerprint density at radius 3 is 2.70 bits per heavy atom. The molecule has 0 aliphatic carbocycles. The summed E-state index contributed by atoms with van der Waals surface area (Å²) in [7, 11) is 3.06. The smallest absolute Gasteiger partial charge is 0.316 e. The van der Waals surface area contributed by atoms with Crippen molar-refractivity contribution in [2.45, 2.75) is 12.3 Å². The highest BCUT2D eigenvalue weighted by Gasteiger charge is 2.39. The van der Waals surface area contributed by atoms with E-state index in [0.717, 1.165) is 5.56 Å². The molecule has 0 spiro atoms. The van der Waals surface area contributed by atoms with Gasteiger partial charge in [-0.2, -0.15) is 0 Å². The quantitative estimate of drug-likeness (QED) is 0.803. The number of amides is 1. The Morgan fingerprint density at radius 1 is 1.35 bits per heavy atom. The first-order chi connectivity index (χ1) is 9.58. The first-order valence-corrected chi connectivity index (χ1v) is 6.31. The topological polar surface area (TPSA) is 84.9 Å². The van der Waals surface area contributed by atoms with Crippen molar-refractivity contribution >= 4 is 11.9 Å². The van der Waals surface area contributed by atoms with Crippen molar-refractivity contribution in [3.8, 4) is 11.5 Å². The molecule has 0 radical (unpaired) electrons. The molecule has 2 rings (SSSR count). The summed E-state index contributed by atoms with van der Waals surface area (Å²) in [6.07, 6.45) is 0.561. The Hall–Kier alpha value is -2.24. The molecule has 2 unspecified atom stereocenters. The fraction of sp³-hybridized carbons (Fsp3) is 0.429. The molecule has 0 saturated carbocycles. The fourth-order valence-electron chi connectivity index (χ4n) is 2.55. The Morgan fingerprint density at radius 2 is 2.10 bits per heavy atom. The van der Waals surface area contributed by atoms with Gasteiger partial charge in [0.2, 0.25) is 5.91 Å². The van der Waals surface area contributed by atoms with Gasteiger partial charge >= 0.3 is 5.97 Å². The number of nitrogens with one attached hydrogen (secondary N) is 1. The number of ether oxygens (including phenoxy) is 2. The van der Waals surface area contributed by atoms with Crippen LogP contribution in [-0.2, 0) is 9.59 Å². The Kier molecular flexibility index (Phi) is 4.12. The molecule has 6 nitrogen and oxygen atoms in total. The zero-order valence-electron chi connectivity index (χ0n) is 11.4. The van der Waals surface area contributed by atoms with Gasteiger partial charge in [0.1, 0.15) is 17.4 Å². The monoisotopic (exact) mass is 279 g/mol. The van der Waals surface area contributed by atoms with Crippen molar-refractivity contribution in [2.24, 2.45) is 5.92 Å². The highest BCUT2D eigenvalue weighted by molar-refractivity contribution is 5.98. The number of aliphatic carboxylic acids is 1. The van der Waals surface area contributed by atoms with E-state index in [4.69, 9.17) is 9.47 Å². The first kappa shape index (κ1) is 14.2. The van der Waals surface area contributed by atoms with Gasteiger partial charge in [0, 0.05) is 18.5 Å². The van der Waals surface area contributed by atoms with Crippen LogP contribution in [0.2, 0.25) is 0 Å². The van der Waals surface area contributed by atoms with Crippen LogP contribution in [0, 0.1) is 5.92 Å². The normalized spacial score (nSPS) is 22.0. The van der Waals surface area contributed by atoms with Gasteiger partial charge in [0.15, 0.2) is 0 Å². The van der Waals surface area contributed by atoms with Crippen LogP contribution in [0.5, 0.6) is 11.5 Å². The molecule has 6 heteroatoms. The van der Waals surface area contributed by atoms with Gasteiger partial charge in [0.05, 0.1) is 14.2 Å². The SMILES string of the molecule is COc1ccc(C2CCNC(=O)C2C(=O)O)c(OC)c1. The zero-order valence-corrected chi connectivity index (χ0v) is 11.4. The van der Waals surface area contributed by atoms with Crippen molar-refractivity contribution in [1.29, 1.82) is 0 Å². The summed E-state index contributed by atoms with van der Waals surface area (Å²) in [4.78, 5) is 23.1. The molecular weight excluding hydrogens is 262 g/mol. The van der Waals surface area contributed by atoms with E-state index in [1.165, 1.54) is 7.11 Å². The standard InChI is InChI=1S/C14H17NO5/c1-19-8-3-4-9(11(7-8)20-2)10-5-6-15-13(16)12(10)14(17)18/h3-4,7,10,12H,5-6H2,1-2H3,(H,15,16)(H,17,18). The number of carboxylic acid groups (broad SMARTS) is 1. The third-order valence-corrected chi connectivity index (χ3v) is 3.55.